The number of aromatic hydroxyl groups is 1. The van der Waals surface area contributed by atoms with Gasteiger partial charge >= 0.3 is 0 Å². The molecule has 0 fully saturated rings. The van der Waals surface area contributed by atoms with Gasteiger partial charge in [-0.05, 0) is 35.6 Å². The van der Waals surface area contributed by atoms with Gasteiger partial charge in [0, 0.05) is 0 Å². The second-order valence-corrected chi connectivity index (χ2v) is 3.75. The van der Waals surface area contributed by atoms with Crippen LogP contribution in [0.4, 0.5) is 0 Å². The van der Waals surface area contributed by atoms with Gasteiger partial charge in [0.1, 0.15) is 5.75 Å². The van der Waals surface area contributed by atoms with Crippen molar-refractivity contribution in [2.24, 2.45) is 5.92 Å². The maximum absolute atomic E-state index is 9.09. The number of phenolic OH excluding ortho intramolecular Hbond substituents is 1. The SMILES string of the molecule is C=C(CC(C)C)c1ccc(O)cc1. The predicted octanol–water partition coefficient (Wildman–Crippen LogP) is 3.45. The molecule has 1 aromatic carbocycles. The molecule has 1 rings (SSSR count). The first-order valence-electron chi connectivity index (χ1n) is 4.57. The van der Waals surface area contributed by atoms with Crippen LogP contribution in [0.1, 0.15) is 25.8 Å². The van der Waals surface area contributed by atoms with Gasteiger partial charge < -0.3 is 5.11 Å². The molecule has 0 atom stereocenters. The van der Waals surface area contributed by atoms with E-state index in [0.717, 1.165) is 17.6 Å². The average Bonchev–Trinajstić information content (AvgIpc) is 2.04. The van der Waals surface area contributed by atoms with Crippen molar-refractivity contribution in [2.75, 3.05) is 0 Å². The third kappa shape index (κ3) is 2.94. The second kappa shape index (κ2) is 4.13. The average molecular weight is 176 g/mol. The molecule has 1 nitrogen and oxygen atoms in total. The smallest absolute Gasteiger partial charge is 0.115 e. The number of hydrogen-bond donors (Lipinski definition) is 1. The lowest BCUT2D eigenvalue weighted by Crippen LogP contribution is -1.89. The largest absolute Gasteiger partial charge is 0.508 e. The Morgan fingerprint density at radius 2 is 1.85 bits per heavy atom. The molecule has 0 aliphatic carbocycles. The molecule has 0 unspecified atom stereocenters. The van der Waals surface area contributed by atoms with Gasteiger partial charge in [0.25, 0.3) is 0 Å². The first kappa shape index (κ1) is 9.85. The fraction of sp³-hybridized carbons (Fsp3) is 0.333. The summed E-state index contributed by atoms with van der Waals surface area (Å²) in [7, 11) is 0. The molecule has 0 radical (unpaired) electrons. The van der Waals surface area contributed by atoms with E-state index in [9.17, 15) is 0 Å². The minimum atomic E-state index is 0.307. The standard InChI is InChI=1S/C12H16O/c1-9(2)8-10(3)11-4-6-12(13)7-5-11/h4-7,9,13H,3,8H2,1-2H3. The maximum Gasteiger partial charge on any atom is 0.115 e. The quantitative estimate of drug-likeness (QED) is 0.747. The predicted molar refractivity (Wildman–Crippen MR) is 56.6 cm³/mol. The number of benzene rings is 1. The topological polar surface area (TPSA) is 20.2 Å². The van der Waals surface area contributed by atoms with Gasteiger partial charge in [0.2, 0.25) is 0 Å². The van der Waals surface area contributed by atoms with Crippen molar-refractivity contribution < 1.29 is 5.11 Å². The lowest BCUT2D eigenvalue weighted by molar-refractivity contribution is 0.475. The van der Waals surface area contributed by atoms with Crippen molar-refractivity contribution in [1.29, 1.82) is 0 Å². The van der Waals surface area contributed by atoms with Gasteiger partial charge in [-0.25, -0.2) is 0 Å². The van der Waals surface area contributed by atoms with Gasteiger partial charge in [0.05, 0.1) is 0 Å². The number of phenols is 1. The normalized spacial score (nSPS) is 10.4. The van der Waals surface area contributed by atoms with E-state index in [-0.39, 0.29) is 0 Å². The van der Waals surface area contributed by atoms with Crippen LogP contribution in [-0.2, 0) is 0 Å². The molecular weight excluding hydrogens is 160 g/mol. The first-order valence-corrected chi connectivity index (χ1v) is 4.57. The molecule has 1 heteroatoms. The lowest BCUT2D eigenvalue weighted by Gasteiger charge is -2.08. The lowest BCUT2D eigenvalue weighted by atomic mass is 9.98. The van der Waals surface area contributed by atoms with E-state index in [4.69, 9.17) is 5.11 Å². The number of rotatable bonds is 3. The summed E-state index contributed by atoms with van der Waals surface area (Å²) in [4.78, 5) is 0. The summed E-state index contributed by atoms with van der Waals surface area (Å²) in [6.07, 6.45) is 1.00. The van der Waals surface area contributed by atoms with Crippen molar-refractivity contribution in [2.45, 2.75) is 20.3 Å². The van der Waals surface area contributed by atoms with E-state index >= 15 is 0 Å². The Balaban J connectivity index is 2.72. The number of allylic oxidation sites excluding steroid dienone is 1. The van der Waals surface area contributed by atoms with Crippen LogP contribution in [0.25, 0.3) is 5.57 Å². The highest BCUT2D eigenvalue weighted by atomic mass is 16.3. The van der Waals surface area contributed by atoms with E-state index < -0.39 is 0 Å². The third-order valence-electron chi connectivity index (χ3n) is 1.93. The Morgan fingerprint density at radius 3 is 2.31 bits per heavy atom. The third-order valence-corrected chi connectivity index (χ3v) is 1.93. The van der Waals surface area contributed by atoms with Crippen molar-refractivity contribution in [3.05, 3.63) is 36.4 Å². The van der Waals surface area contributed by atoms with Gasteiger partial charge in [-0.15, -0.1) is 0 Å². The summed E-state index contributed by atoms with van der Waals surface area (Å²) in [5.74, 6) is 0.933. The molecule has 70 valence electrons. The molecular formula is C12H16O. The molecule has 0 saturated heterocycles. The van der Waals surface area contributed by atoms with Crippen LogP contribution in [0.2, 0.25) is 0 Å². The summed E-state index contributed by atoms with van der Waals surface area (Å²) >= 11 is 0. The molecule has 0 bridgehead atoms. The first-order chi connectivity index (χ1) is 6.09. The van der Waals surface area contributed by atoms with E-state index in [2.05, 4.69) is 20.4 Å². The fourth-order valence-corrected chi connectivity index (χ4v) is 1.31. The van der Waals surface area contributed by atoms with Crippen molar-refractivity contribution in [3.8, 4) is 5.75 Å². The summed E-state index contributed by atoms with van der Waals surface area (Å²) in [5, 5.41) is 9.09. The van der Waals surface area contributed by atoms with Crippen LogP contribution in [0.15, 0.2) is 30.8 Å². The summed E-state index contributed by atoms with van der Waals surface area (Å²) in [6.45, 7) is 8.36. The molecule has 0 aliphatic heterocycles. The molecule has 0 heterocycles. The van der Waals surface area contributed by atoms with E-state index in [0.29, 0.717) is 11.7 Å². The molecule has 0 aromatic heterocycles. The van der Waals surface area contributed by atoms with E-state index in [1.807, 2.05) is 12.1 Å². The van der Waals surface area contributed by atoms with Crippen LogP contribution in [0.5, 0.6) is 5.75 Å². The molecule has 0 spiro atoms. The molecule has 0 amide bonds. The summed E-state index contributed by atoms with van der Waals surface area (Å²) in [6, 6.07) is 7.20. The Hall–Kier alpha value is -1.24. The molecule has 1 N–H and O–H groups in total. The number of hydrogen-bond acceptors (Lipinski definition) is 1. The molecule has 0 saturated carbocycles. The maximum atomic E-state index is 9.09. The van der Waals surface area contributed by atoms with Gasteiger partial charge in [-0.2, -0.15) is 0 Å². The monoisotopic (exact) mass is 176 g/mol. The van der Waals surface area contributed by atoms with Crippen LogP contribution in [0.3, 0.4) is 0 Å². The van der Waals surface area contributed by atoms with Crippen molar-refractivity contribution >= 4 is 5.57 Å². The highest BCUT2D eigenvalue weighted by Gasteiger charge is 2.01. The zero-order valence-electron chi connectivity index (χ0n) is 8.25. The van der Waals surface area contributed by atoms with Crippen LogP contribution in [-0.4, -0.2) is 5.11 Å². The Morgan fingerprint density at radius 1 is 1.31 bits per heavy atom. The molecule has 13 heavy (non-hydrogen) atoms. The fourth-order valence-electron chi connectivity index (χ4n) is 1.31. The minimum Gasteiger partial charge on any atom is -0.508 e. The Bertz CT molecular complexity index is 282. The zero-order valence-corrected chi connectivity index (χ0v) is 8.25. The molecule has 1 aromatic rings. The van der Waals surface area contributed by atoms with Crippen molar-refractivity contribution in [1.82, 2.24) is 0 Å². The highest BCUT2D eigenvalue weighted by molar-refractivity contribution is 5.63. The highest BCUT2D eigenvalue weighted by Crippen LogP contribution is 2.22. The second-order valence-electron chi connectivity index (χ2n) is 3.75. The van der Waals surface area contributed by atoms with E-state index in [1.165, 1.54) is 0 Å². The van der Waals surface area contributed by atoms with Gasteiger partial charge in [-0.3, -0.25) is 0 Å². The van der Waals surface area contributed by atoms with Crippen LogP contribution < -0.4 is 0 Å². The Labute approximate surface area is 79.7 Å². The minimum absolute atomic E-state index is 0.307. The Kier molecular flexibility index (Phi) is 3.13. The van der Waals surface area contributed by atoms with Gasteiger partial charge in [-0.1, -0.05) is 32.6 Å². The van der Waals surface area contributed by atoms with E-state index in [1.54, 1.807) is 12.1 Å². The van der Waals surface area contributed by atoms with Crippen LogP contribution >= 0.6 is 0 Å². The molecule has 0 aliphatic rings. The van der Waals surface area contributed by atoms with Crippen molar-refractivity contribution in [3.63, 3.8) is 0 Å². The zero-order chi connectivity index (χ0) is 9.84. The summed E-state index contributed by atoms with van der Waals surface area (Å²) in [5.41, 5.74) is 2.25. The van der Waals surface area contributed by atoms with Gasteiger partial charge in [0.15, 0.2) is 0 Å². The summed E-state index contributed by atoms with van der Waals surface area (Å²) < 4.78 is 0. The van der Waals surface area contributed by atoms with Crippen LogP contribution in [0, 0.1) is 5.92 Å².